The van der Waals surface area contributed by atoms with Gasteiger partial charge in [0.1, 0.15) is 22.9 Å². The van der Waals surface area contributed by atoms with Gasteiger partial charge in [0.25, 0.3) is 0 Å². The molecule has 1 aliphatic carbocycles. The number of benzene rings is 1. The van der Waals surface area contributed by atoms with Crippen molar-refractivity contribution in [1.82, 2.24) is 5.32 Å². The molecule has 2 N–H and O–H groups in total. The highest BCUT2D eigenvalue weighted by Gasteiger charge is 2.23. The van der Waals surface area contributed by atoms with Crippen LogP contribution in [0.3, 0.4) is 0 Å². The zero-order valence-electron chi connectivity index (χ0n) is 15.4. The summed E-state index contributed by atoms with van der Waals surface area (Å²) in [7, 11) is 5.01. The fourth-order valence-corrected chi connectivity index (χ4v) is 2.77. The van der Waals surface area contributed by atoms with Crippen LogP contribution in [-0.2, 0) is 16.0 Å². The minimum atomic E-state index is -0.497. The monoisotopic (exact) mass is 375 g/mol. The van der Waals surface area contributed by atoms with Gasteiger partial charge in [-0.2, -0.15) is 0 Å². The first-order valence-electron chi connectivity index (χ1n) is 8.37. The topological polar surface area (TPSA) is 88.8 Å². The molecule has 1 aliphatic rings. The number of phenolic OH excluding ortho intramolecular Hbond substituents is 1. The summed E-state index contributed by atoms with van der Waals surface area (Å²) >= 11 is 0. The molecule has 3 rings (SSSR count). The lowest BCUT2D eigenvalue weighted by Gasteiger charge is -2.11. The van der Waals surface area contributed by atoms with E-state index < -0.39 is 5.97 Å². The van der Waals surface area contributed by atoms with Gasteiger partial charge in [-0.15, -0.1) is 0 Å². The van der Waals surface area contributed by atoms with E-state index in [9.17, 15) is 19.1 Å². The summed E-state index contributed by atoms with van der Waals surface area (Å²) in [4.78, 5) is 22.9. The Labute approximate surface area is 156 Å². The first kappa shape index (κ1) is 20.4. The highest BCUT2D eigenvalue weighted by atomic mass is 19.1. The smallest absolute Gasteiger partial charge is 0.310 e. The second kappa shape index (κ2) is 9.14. The quantitative estimate of drug-likeness (QED) is 0.629. The van der Waals surface area contributed by atoms with Crippen LogP contribution in [0.4, 0.5) is 4.39 Å². The van der Waals surface area contributed by atoms with Crippen molar-refractivity contribution in [3.63, 3.8) is 0 Å². The molecule has 1 heterocycles. The molecule has 0 bridgehead atoms. The summed E-state index contributed by atoms with van der Waals surface area (Å²) < 4.78 is 23.5. The van der Waals surface area contributed by atoms with Crippen molar-refractivity contribution in [3.8, 4) is 5.75 Å². The van der Waals surface area contributed by atoms with Gasteiger partial charge in [-0.3, -0.25) is 9.59 Å². The number of methoxy groups -OCH3 is 1. The maximum absolute atomic E-state index is 13.1. The Hall–Kier alpha value is -2.93. The van der Waals surface area contributed by atoms with E-state index >= 15 is 0 Å². The molecule has 0 spiro atoms. The highest BCUT2D eigenvalue weighted by molar-refractivity contribution is 5.99. The Bertz CT molecular complexity index is 897. The molecule has 1 atom stereocenters. The molecule has 27 heavy (non-hydrogen) atoms. The predicted molar refractivity (Wildman–Crippen MR) is 99.7 cm³/mol. The number of furan rings is 1. The first-order valence-corrected chi connectivity index (χ1v) is 8.37. The number of carbonyl (C=O) groups excluding carboxylic acids is 2. The Morgan fingerprint density at radius 1 is 1.44 bits per heavy atom. The molecule has 0 saturated heterocycles. The van der Waals surface area contributed by atoms with Gasteiger partial charge >= 0.3 is 5.97 Å². The van der Waals surface area contributed by atoms with Crippen LogP contribution in [0.5, 0.6) is 5.75 Å². The normalized spacial score (nSPS) is 15.7. The number of aldehydes is 1. The number of hydrogen-bond donors (Lipinski definition) is 2. The van der Waals surface area contributed by atoms with E-state index in [0.717, 1.165) is 0 Å². The van der Waals surface area contributed by atoms with Gasteiger partial charge in [0, 0.05) is 16.9 Å². The number of ether oxygens (including phenoxy) is 1. The average molecular weight is 375 g/mol. The number of allylic oxidation sites excluding steroid dienone is 4. The number of carbonyl (C=O) groups is 2. The molecule has 6 nitrogen and oxygen atoms in total. The zero-order chi connectivity index (χ0) is 20.0. The lowest BCUT2D eigenvalue weighted by atomic mass is 9.94. The maximum Gasteiger partial charge on any atom is 0.310 e. The number of esters is 1. The van der Waals surface area contributed by atoms with Crippen LogP contribution in [0, 0.1) is 0 Å². The number of aromatic hydroxyl groups is 1. The third-order valence-electron chi connectivity index (χ3n) is 4.03. The molecule has 0 saturated carbocycles. The van der Waals surface area contributed by atoms with Crippen molar-refractivity contribution in [2.75, 3.05) is 21.2 Å². The number of nitrogens with one attached hydrogen (secondary N) is 1. The lowest BCUT2D eigenvalue weighted by molar-refractivity contribution is -0.139. The SMILES string of the molecule is CNC.COC(=O)Cc1cc2oc(C3C=CC(F)=CC3)c(C=O)c2cc1O. The van der Waals surface area contributed by atoms with Crippen molar-refractivity contribution >= 4 is 23.2 Å². The van der Waals surface area contributed by atoms with Gasteiger partial charge in [-0.25, -0.2) is 4.39 Å². The third kappa shape index (κ3) is 4.62. The van der Waals surface area contributed by atoms with E-state index in [1.807, 2.05) is 14.1 Å². The number of phenols is 1. The Morgan fingerprint density at radius 3 is 2.70 bits per heavy atom. The van der Waals surface area contributed by atoms with Crippen molar-refractivity contribution in [1.29, 1.82) is 0 Å². The lowest BCUT2D eigenvalue weighted by Crippen LogP contribution is -2.04. The Morgan fingerprint density at radius 2 is 2.15 bits per heavy atom. The van der Waals surface area contributed by atoms with Crippen LogP contribution in [-0.4, -0.2) is 38.6 Å². The maximum atomic E-state index is 13.1. The first-order chi connectivity index (χ1) is 12.9. The predicted octanol–water partition coefficient (Wildman–Crippen LogP) is 3.40. The molecule has 1 unspecified atom stereocenters. The van der Waals surface area contributed by atoms with Crippen molar-refractivity contribution < 1.29 is 28.2 Å². The summed E-state index contributed by atoms with van der Waals surface area (Å²) in [5, 5.41) is 13.3. The summed E-state index contributed by atoms with van der Waals surface area (Å²) in [5.74, 6) is -0.790. The summed E-state index contributed by atoms with van der Waals surface area (Å²) in [6, 6.07) is 2.91. The van der Waals surface area contributed by atoms with Crippen LogP contribution in [0.2, 0.25) is 0 Å². The number of hydrogen-bond acceptors (Lipinski definition) is 6. The van der Waals surface area contributed by atoms with E-state index in [1.54, 1.807) is 6.08 Å². The minimum Gasteiger partial charge on any atom is -0.508 e. The van der Waals surface area contributed by atoms with Crippen LogP contribution in [0.1, 0.15) is 34.0 Å². The molecule has 2 aromatic rings. The molecule has 7 heteroatoms. The van der Waals surface area contributed by atoms with Gasteiger partial charge in [-0.05, 0) is 44.8 Å². The number of halogens is 1. The highest BCUT2D eigenvalue weighted by Crippen LogP contribution is 2.37. The fourth-order valence-electron chi connectivity index (χ4n) is 2.77. The Kier molecular flexibility index (Phi) is 6.90. The van der Waals surface area contributed by atoms with Crippen LogP contribution < -0.4 is 5.32 Å². The standard InChI is InChI=1S/C18H15FO5.C2H7N/c1-23-17(22)7-11-6-16-13(8-15(11)21)14(9-20)18(24-16)10-2-4-12(19)5-3-10;1-3-2/h2,4-6,8-10,21H,3,7H2,1H3;3H,1-2H3. The van der Waals surface area contributed by atoms with Crippen molar-refractivity contribution in [2.45, 2.75) is 18.8 Å². The minimum absolute atomic E-state index is 0.109. The number of fused-ring (bicyclic) bond motifs is 1. The van der Waals surface area contributed by atoms with Gasteiger partial charge in [-0.1, -0.05) is 6.08 Å². The summed E-state index contributed by atoms with van der Waals surface area (Å²) in [5.41, 5.74) is 1.04. The van der Waals surface area contributed by atoms with E-state index in [4.69, 9.17) is 4.42 Å². The molecule has 1 aromatic heterocycles. The molecule has 1 aromatic carbocycles. The molecule has 0 aliphatic heterocycles. The van der Waals surface area contributed by atoms with Crippen LogP contribution in [0.15, 0.2) is 40.6 Å². The fraction of sp³-hybridized carbons (Fsp3) is 0.300. The van der Waals surface area contributed by atoms with Gasteiger partial charge in [0.2, 0.25) is 0 Å². The van der Waals surface area contributed by atoms with E-state index in [1.165, 1.54) is 31.4 Å². The van der Waals surface area contributed by atoms with Crippen LogP contribution in [0.25, 0.3) is 11.0 Å². The Balaban J connectivity index is 0.000000817. The van der Waals surface area contributed by atoms with Crippen molar-refractivity contribution in [2.24, 2.45) is 0 Å². The van der Waals surface area contributed by atoms with E-state index in [2.05, 4.69) is 10.1 Å². The van der Waals surface area contributed by atoms with E-state index in [0.29, 0.717) is 40.6 Å². The van der Waals surface area contributed by atoms with Gasteiger partial charge < -0.3 is 19.6 Å². The largest absolute Gasteiger partial charge is 0.508 e. The average Bonchev–Trinajstić information content (AvgIpc) is 3.00. The van der Waals surface area contributed by atoms with E-state index in [-0.39, 0.29) is 23.9 Å². The molecule has 0 radical (unpaired) electrons. The van der Waals surface area contributed by atoms with Gasteiger partial charge in [0.15, 0.2) is 6.29 Å². The third-order valence-corrected chi connectivity index (χ3v) is 4.03. The number of rotatable bonds is 4. The molecular weight excluding hydrogens is 353 g/mol. The molecule has 0 fully saturated rings. The zero-order valence-corrected chi connectivity index (χ0v) is 15.4. The van der Waals surface area contributed by atoms with Crippen molar-refractivity contribution in [3.05, 3.63) is 53.1 Å². The summed E-state index contributed by atoms with van der Waals surface area (Å²) in [6.07, 6.45) is 5.31. The van der Waals surface area contributed by atoms with Crippen LogP contribution >= 0.6 is 0 Å². The second-order valence-electron chi connectivity index (χ2n) is 6.02. The summed E-state index contributed by atoms with van der Waals surface area (Å²) in [6.45, 7) is 0. The molecule has 0 amide bonds. The molecule has 144 valence electrons. The van der Waals surface area contributed by atoms with Gasteiger partial charge in [0.05, 0.1) is 19.1 Å². The second-order valence-corrected chi connectivity index (χ2v) is 6.02. The molecular formula is C20H22FNO5.